The van der Waals surface area contributed by atoms with Gasteiger partial charge in [0.1, 0.15) is 0 Å². The van der Waals surface area contributed by atoms with Crippen molar-refractivity contribution in [1.29, 1.82) is 0 Å². The van der Waals surface area contributed by atoms with Crippen LogP contribution in [0.15, 0.2) is 47.4 Å². The molecule has 2 N–H and O–H groups in total. The Hall–Kier alpha value is -1.96. The first-order valence-electron chi connectivity index (χ1n) is 17.1. The molecule has 7 heteroatoms. The van der Waals surface area contributed by atoms with Crippen LogP contribution in [0, 0.1) is 52.3 Å². The van der Waals surface area contributed by atoms with Crippen LogP contribution < -0.4 is 0 Å². The van der Waals surface area contributed by atoms with Gasteiger partial charge in [0, 0.05) is 5.39 Å². The molecule has 0 heterocycles. The van der Waals surface area contributed by atoms with E-state index in [-0.39, 0.29) is 40.5 Å². The molecule has 0 spiro atoms. The predicted molar refractivity (Wildman–Crippen MR) is 173 cm³/mol. The first-order chi connectivity index (χ1) is 20.9. The van der Waals surface area contributed by atoms with Crippen LogP contribution in [0.2, 0.25) is 0 Å². The van der Waals surface area contributed by atoms with Gasteiger partial charge >= 0.3 is 5.97 Å². The molecule has 2 aromatic rings. The van der Waals surface area contributed by atoms with Gasteiger partial charge in [-0.15, -0.1) is 0 Å². The van der Waals surface area contributed by atoms with Gasteiger partial charge in [0.2, 0.25) is 0 Å². The number of hydrogen-bond donors (Lipinski definition) is 2. The Morgan fingerprint density at radius 1 is 0.955 bits per heavy atom. The first kappa shape index (κ1) is 32.0. The van der Waals surface area contributed by atoms with Gasteiger partial charge in [-0.25, -0.2) is 8.42 Å². The summed E-state index contributed by atoms with van der Waals surface area (Å²) >= 11 is 0. The average molecular weight is 625 g/mol. The normalized spacial score (nSPS) is 39.2. The van der Waals surface area contributed by atoms with Gasteiger partial charge in [-0.1, -0.05) is 70.5 Å². The molecule has 2 aromatic carbocycles. The maximum atomic E-state index is 13.1. The van der Waals surface area contributed by atoms with Gasteiger partial charge in [0.05, 0.1) is 23.7 Å². The molecular formula is C37H52O6S. The molecule has 0 aromatic heterocycles. The van der Waals surface area contributed by atoms with Crippen molar-refractivity contribution < 1.29 is 28.2 Å². The number of rotatable bonds is 8. The first-order valence-corrected chi connectivity index (χ1v) is 18.8. The van der Waals surface area contributed by atoms with E-state index in [9.17, 15) is 23.4 Å². The number of ether oxygens (including phenoxy) is 1. The van der Waals surface area contributed by atoms with E-state index in [1.165, 1.54) is 0 Å². The maximum Gasteiger partial charge on any atom is 0.321 e. The van der Waals surface area contributed by atoms with Crippen LogP contribution in [-0.4, -0.2) is 49.2 Å². The lowest BCUT2D eigenvalue weighted by molar-refractivity contribution is -0.203. The zero-order valence-electron chi connectivity index (χ0n) is 27.0. The summed E-state index contributed by atoms with van der Waals surface area (Å²) in [6.07, 6.45) is 8.45. The van der Waals surface area contributed by atoms with Crippen molar-refractivity contribution in [1.82, 2.24) is 0 Å². The Balaban J connectivity index is 1.09. The third-order valence-corrected chi connectivity index (χ3v) is 15.0. The number of aliphatic hydroxyl groups excluding tert-OH is 2. The van der Waals surface area contributed by atoms with Crippen molar-refractivity contribution in [3.8, 4) is 0 Å². The molecule has 44 heavy (non-hydrogen) atoms. The molecule has 0 bridgehead atoms. The van der Waals surface area contributed by atoms with Crippen LogP contribution in [0.1, 0.15) is 85.5 Å². The van der Waals surface area contributed by atoms with Crippen LogP contribution in [0.3, 0.4) is 0 Å². The zero-order valence-corrected chi connectivity index (χ0v) is 27.8. The summed E-state index contributed by atoms with van der Waals surface area (Å²) in [5.41, 5.74) is 0.328. The highest BCUT2D eigenvalue weighted by Crippen LogP contribution is 2.69. The van der Waals surface area contributed by atoms with E-state index in [1.54, 1.807) is 24.3 Å². The molecule has 0 saturated heterocycles. The quantitative estimate of drug-likeness (QED) is 0.313. The Morgan fingerprint density at radius 3 is 2.43 bits per heavy atom. The summed E-state index contributed by atoms with van der Waals surface area (Å²) in [4.78, 5) is 12.9. The Bertz CT molecular complexity index is 1470. The number of carbonyl (C=O) groups excluding carboxylic acids is 1. The number of aliphatic hydroxyl groups is 2. The molecular weight excluding hydrogens is 572 g/mol. The van der Waals surface area contributed by atoms with E-state index >= 15 is 0 Å². The molecule has 0 aliphatic heterocycles. The molecule has 4 aliphatic rings. The summed E-state index contributed by atoms with van der Waals surface area (Å²) < 4.78 is 31.8. The second kappa shape index (κ2) is 12.0. The molecule has 242 valence electrons. The molecule has 0 unspecified atom stereocenters. The largest absolute Gasteiger partial charge is 0.465 e. The van der Waals surface area contributed by atoms with Crippen molar-refractivity contribution in [3.05, 3.63) is 42.5 Å². The second-order valence-corrected chi connectivity index (χ2v) is 17.3. The summed E-state index contributed by atoms with van der Waals surface area (Å²) in [6.45, 7) is 9.62. The lowest BCUT2D eigenvalue weighted by atomic mass is 9.41. The van der Waals surface area contributed by atoms with Gasteiger partial charge in [-0.3, -0.25) is 4.79 Å². The van der Waals surface area contributed by atoms with Gasteiger partial charge in [-0.05, 0) is 115 Å². The smallest absolute Gasteiger partial charge is 0.321 e. The number of benzene rings is 2. The van der Waals surface area contributed by atoms with Gasteiger partial charge in [0.15, 0.2) is 15.6 Å². The van der Waals surface area contributed by atoms with Crippen LogP contribution in [0.4, 0.5) is 0 Å². The van der Waals surface area contributed by atoms with E-state index in [0.29, 0.717) is 47.3 Å². The summed E-state index contributed by atoms with van der Waals surface area (Å²) in [7, 11) is -3.83. The highest BCUT2D eigenvalue weighted by Gasteiger charge is 2.64. The van der Waals surface area contributed by atoms with Crippen molar-refractivity contribution >= 4 is 26.6 Å². The molecule has 4 aliphatic carbocycles. The Labute approximate surface area is 263 Å². The lowest BCUT2D eigenvalue weighted by Crippen LogP contribution is -2.62. The van der Waals surface area contributed by atoms with E-state index in [0.717, 1.165) is 56.8 Å². The van der Waals surface area contributed by atoms with Crippen LogP contribution >= 0.6 is 0 Å². The van der Waals surface area contributed by atoms with E-state index < -0.39 is 21.6 Å². The predicted octanol–water partition coefficient (Wildman–Crippen LogP) is 6.81. The Kier molecular flexibility index (Phi) is 8.73. The standard InChI is InChI=1S/C37H52O6S/c1-5-26-31-21-25(38)15-18-37(31,4)30-16-19-36(3)28(13-14-29(36)34(30)35(26)40)23(2)17-20-43-33(39)22-44(41,42)32-12-8-10-24-9-6-7-11-27(24)32/h6-12,23,25-26,28-31,34-35,38,40H,5,13-22H2,1-4H3/t23-,25-,26-,28-,29+,30+,31+,34+,35-,36-,37-/m1/s1. The molecule has 6 rings (SSSR count). The zero-order chi connectivity index (χ0) is 31.4. The molecule has 6 nitrogen and oxygen atoms in total. The molecule has 4 fully saturated rings. The minimum absolute atomic E-state index is 0.138. The minimum Gasteiger partial charge on any atom is -0.465 e. The molecule has 0 radical (unpaired) electrons. The van der Waals surface area contributed by atoms with E-state index in [1.807, 2.05) is 18.2 Å². The highest BCUT2D eigenvalue weighted by molar-refractivity contribution is 7.92. The Morgan fingerprint density at radius 2 is 1.66 bits per heavy atom. The number of sulfone groups is 1. The summed E-state index contributed by atoms with van der Waals surface area (Å²) in [6, 6.07) is 12.4. The van der Waals surface area contributed by atoms with Crippen LogP contribution in [-0.2, 0) is 19.4 Å². The van der Waals surface area contributed by atoms with E-state index in [2.05, 4.69) is 27.7 Å². The second-order valence-electron chi connectivity index (χ2n) is 15.3. The minimum atomic E-state index is -3.83. The highest BCUT2D eigenvalue weighted by atomic mass is 32.2. The molecule has 0 amide bonds. The van der Waals surface area contributed by atoms with Crippen LogP contribution in [0.5, 0.6) is 0 Å². The maximum absolute atomic E-state index is 13.1. The molecule has 4 saturated carbocycles. The monoisotopic (exact) mass is 624 g/mol. The lowest BCUT2D eigenvalue weighted by Gasteiger charge is -2.64. The van der Waals surface area contributed by atoms with Gasteiger partial charge in [0.25, 0.3) is 0 Å². The number of fused-ring (bicyclic) bond motifs is 6. The topological polar surface area (TPSA) is 101 Å². The number of esters is 1. The fourth-order valence-corrected chi connectivity index (χ4v) is 12.6. The fourth-order valence-electron chi connectivity index (χ4n) is 11.2. The van der Waals surface area contributed by atoms with Crippen molar-refractivity contribution in [2.45, 2.75) is 103 Å². The molecule has 11 atom stereocenters. The van der Waals surface area contributed by atoms with Crippen molar-refractivity contribution in [2.24, 2.45) is 52.3 Å². The summed E-state index contributed by atoms with van der Waals surface area (Å²) in [5.74, 6) is 1.41. The van der Waals surface area contributed by atoms with Gasteiger partial charge in [-0.2, -0.15) is 0 Å². The SMILES string of the molecule is CC[C@H]1[C@@H](O)[C@@H]2[C@H](CC[C@]3(C)[C@@H]([C@H](C)CCOC(=O)CS(=O)(=O)c4cccc5ccccc45)CC[C@@H]23)[C@@]2(C)CC[C@@H](O)C[C@@H]12. The summed E-state index contributed by atoms with van der Waals surface area (Å²) in [5, 5.41) is 23.9. The fraction of sp³-hybridized carbons (Fsp3) is 0.703. The third kappa shape index (κ3) is 5.33. The van der Waals surface area contributed by atoms with Crippen LogP contribution in [0.25, 0.3) is 10.8 Å². The number of hydrogen-bond acceptors (Lipinski definition) is 6. The average Bonchev–Trinajstić information content (AvgIpc) is 3.35. The number of carbonyl (C=O) groups is 1. The van der Waals surface area contributed by atoms with Crippen molar-refractivity contribution in [3.63, 3.8) is 0 Å². The van der Waals surface area contributed by atoms with Crippen molar-refractivity contribution in [2.75, 3.05) is 12.4 Å². The van der Waals surface area contributed by atoms with Gasteiger partial charge < -0.3 is 14.9 Å². The van der Waals surface area contributed by atoms with E-state index in [4.69, 9.17) is 4.74 Å². The third-order valence-electron chi connectivity index (χ3n) is 13.4.